The van der Waals surface area contributed by atoms with Gasteiger partial charge in [0, 0.05) is 21.4 Å². The van der Waals surface area contributed by atoms with Crippen LogP contribution in [0.1, 0.15) is 34.6 Å². The first-order chi connectivity index (χ1) is 16.2. The smallest absolute Gasteiger partial charge is 0.261 e. The molecule has 9 heteroatoms. The SMILES string of the molecule is CC(C)COc1ccc(Br)cc1C(=O)NC(=S)Nc1cccc(C(=O)Nc2ccc(F)cc2)c1. The van der Waals surface area contributed by atoms with Crippen LogP contribution >= 0.6 is 28.1 Å². The van der Waals surface area contributed by atoms with Crippen molar-refractivity contribution in [2.45, 2.75) is 13.8 Å². The largest absolute Gasteiger partial charge is 0.492 e. The highest BCUT2D eigenvalue weighted by molar-refractivity contribution is 9.10. The van der Waals surface area contributed by atoms with Crippen molar-refractivity contribution in [2.24, 2.45) is 5.92 Å². The zero-order chi connectivity index (χ0) is 24.7. The van der Waals surface area contributed by atoms with Crippen LogP contribution < -0.4 is 20.7 Å². The van der Waals surface area contributed by atoms with Gasteiger partial charge in [-0.05, 0) is 78.8 Å². The maximum Gasteiger partial charge on any atom is 0.261 e. The van der Waals surface area contributed by atoms with E-state index >= 15 is 0 Å². The third kappa shape index (κ3) is 7.36. The number of carbonyl (C=O) groups is 2. The van der Waals surface area contributed by atoms with Crippen molar-refractivity contribution in [1.29, 1.82) is 0 Å². The topological polar surface area (TPSA) is 79.5 Å². The van der Waals surface area contributed by atoms with Crippen LogP contribution in [0.15, 0.2) is 71.2 Å². The highest BCUT2D eigenvalue weighted by Crippen LogP contribution is 2.24. The second kappa shape index (κ2) is 11.7. The highest BCUT2D eigenvalue weighted by Gasteiger charge is 2.16. The Morgan fingerprint density at radius 1 is 0.971 bits per heavy atom. The minimum Gasteiger partial charge on any atom is -0.492 e. The summed E-state index contributed by atoms with van der Waals surface area (Å²) in [6.07, 6.45) is 0. The summed E-state index contributed by atoms with van der Waals surface area (Å²) in [5, 5.41) is 8.31. The monoisotopic (exact) mass is 543 g/mol. The molecule has 0 aliphatic rings. The molecule has 0 radical (unpaired) electrons. The van der Waals surface area contributed by atoms with Gasteiger partial charge in [0.05, 0.1) is 12.2 Å². The Bertz CT molecular complexity index is 1200. The van der Waals surface area contributed by atoms with Gasteiger partial charge in [-0.25, -0.2) is 4.39 Å². The van der Waals surface area contributed by atoms with E-state index in [0.29, 0.717) is 40.8 Å². The molecule has 0 saturated carbocycles. The lowest BCUT2D eigenvalue weighted by Gasteiger charge is -2.15. The Balaban J connectivity index is 1.65. The quantitative estimate of drug-likeness (QED) is 0.318. The molecule has 0 spiro atoms. The molecule has 3 aromatic carbocycles. The zero-order valence-electron chi connectivity index (χ0n) is 18.5. The molecule has 3 N–H and O–H groups in total. The molecule has 0 fully saturated rings. The third-order valence-corrected chi connectivity index (χ3v) is 5.17. The summed E-state index contributed by atoms with van der Waals surface area (Å²) >= 11 is 8.66. The number of anilines is 2. The van der Waals surface area contributed by atoms with E-state index in [1.807, 2.05) is 13.8 Å². The van der Waals surface area contributed by atoms with Crippen molar-refractivity contribution in [3.63, 3.8) is 0 Å². The molecule has 3 rings (SSSR count). The summed E-state index contributed by atoms with van der Waals surface area (Å²) in [6, 6.07) is 17.3. The van der Waals surface area contributed by atoms with Crippen molar-refractivity contribution in [3.05, 3.63) is 88.1 Å². The Morgan fingerprint density at radius 3 is 2.41 bits per heavy atom. The Labute approximate surface area is 211 Å². The number of amides is 2. The molecule has 3 aromatic rings. The van der Waals surface area contributed by atoms with Crippen LogP contribution in [0, 0.1) is 11.7 Å². The Morgan fingerprint density at radius 2 is 1.71 bits per heavy atom. The van der Waals surface area contributed by atoms with Crippen molar-refractivity contribution in [1.82, 2.24) is 5.32 Å². The van der Waals surface area contributed by atoms with Crippen LogP contribution in [0.4, 0.5) is 15.8 Å². The number of thiocarbonyl (C=S) groups is 1. The van der Waals surface area contributed by atoms with E-state index in [4.69, 9.17) is 17.0 Å². The first-order valence-electron chi connectivity index (χ1n) is 10.4. The van der Waals surface area contributed by atoms with Crippen molar-refractivity contribution >= 4 is 56.4 Å². The number of ether oxygens (including phenoxy) is 1. The molecule has 0 aromatic heterocycles. The third-order valence-electron chi connectivity index (χ3n) is 4.47. The van der Waals surface area contributed by atoms with Crippen molar-refractivity contribution < 1.29 is 18.7 Å². The minimum atomic E-state index is -0.428. The molecule has 2 amide bonds. The average molecular weight is 544 g/mol. The molecule has 0 saturated heterocycles. The Kier molecular flexibility index (Phi) is 8.72. The molecule has 0 unspecified atom stereocenters. The fourth-order valence-electron chi connectivity index (χ4n) is 2.87. The van der Waals surface area contributed by atoms with Gasteiger partial charge in [-0.15, -0.1) is 0 Å². The van der Waals surface area contributed by atoms with Gasteiger partial charge in [-0.1, -0.05) is 35.8 Å². The van der Waals surface area contributed by atoms with E-state index in [2.05, 4.69) is 31.9 Å². The maximum absolute atomic E-state index is 13.1. The lowest BCUT2D eigenvalue weighted by molar-refractivity contribution is 0.0971. The highest BCUT2D eigenvalue weighted by atomic mass is 79.9. The van der Waals surface area contributed by atoms with Crippen LogP contribution in [0.5, 0.6) is 5.75 Å². The number of benzene rings is 3. The van der Waals surface area contributed by atoms with E-state index in [1.165, 1.54) is 24.3 Å². The molecule has 0 heterocycles. The maximum atomic E-state index is 13.1. The van der Waals surface area contributed by atoms with E-state index in [9.17, 15) is 14.0 Å². The van der Waals surface area contributed by atoms with Crippen LogP contribution in [-0.4, -0.2) is 23.5 Å². The minimum absolute atomic E-state index is 0.0656. The van der Waals surface area contributed by atoms with Gasteiger partial charge >= 0.3 is 0 Å². The summed E-state index contributed by atoms with van der Waals surface area (Å²) in [7, 11) is 0. The number of hydrogen-bond acceptors (Lipinski definition) is 4. The number of carbonyl (C=O) groups excluding carboxylic acids is 2. The predicted molar refractivity (Wildman–Crippen MR) is 139 cm³/mol. The van der Waals surface area contributed by atoms with Gasteiger partial charge < -0.3 is 15.4 Å². The predicted octanol–water partition coefficient (Wildman–Crippen LogP) is 6.00. The second-order valence-corrected chi connectivity index (χ2v) is 9.12. The molecule has 0 atom stereocenters. The first-order valence-corrected chi connectivity index (χ1v) is 11.6. The second-order valence-electron chi connectivity index (χ2n) is 7.80. The molecule has 34 heavy (non-hydrogen) atoms. The van der Waals surface area contributed by atoms with Gasteiger partial charge in [0.1, 0.15) is 11.6 Å². The van der Waals surface area contributed by atoms with Gasteiger partial charge in [0.25, 0.3) is 11.8 Å². The number of hydrogen-bond donors (Lipinski definition) is 3. The van der Waals surface area contributed by atoms with Gasteiger partial charge in [-0.3, -0.25) is 14.9 Å². The standard InChI is InChI=1S/C25H23BrFN3O3S/c1-15(2)14-33-22-11-6-17(26)13-21(22)24(32)30-25(34)29-20-5-3-4-16(12-20)23(31)28-19-9-7-18(27)8-10-19/h3-13,15H,14H2,1-2H3,(H,28,31)(H2,29,30,32,34). The fourth-order valence-corrected chi connectivity index (χ4v) is 3.44. The number of nitrogens with one attached hydrogen (secondary N) is 3. The lowest BCUT2D eigenvalue weighted by Crippen LogP contribution is -2.34. The number of rotatable bonds is 7. The van der Waals surface area contributed by atoms with E-state index in [-0.39, 0.29) is 16.8 Å². The van der Waals surface area contributed by atoms with Crippen LogP contribution in [0.3, 0.4) is 0 Å². The average Bonchev–Trinajstić information content (AvgIpc) is 2.79. The Hall–Kier alpha value is -3.30. The number of halogens is 2. The van der Waals surface area contributed by atoms with Crippen LogP contribution in [0.25, 0.3) is 0 Å². The summed E-state index contributed by atoms with van der Waals surface area (Å²) in [5.74, 6) is -0.429. The first kappa shape index (κ1) is 25.3. The molecule has 0 bridgehead atoms. The molecular weight excluding hydrogens is 521 g/mol. The van der Waals surface area contributed by atoms with E-state index in [1.54, 1.807) is 42.5 Å². The zero-order valence-corrected chi connectivity index (χ0v) is 20.9. The molecule has 176 valence electrons. The fraction of sp³-hybridized carbons (Fsp3) is 0.160. The molecular formula is C25H23BrFN3O3S. The van der Waals surface area contributed by atoms with Crippen LogP contribution in [-0.2, 0) is 0 Å². The summed E-state index contributed by atoms with van der Waals surface area (Å²) in [5.41, 5.74) is 1.69. The summed E-state index contributed by atoms with van der Waals surface area (Å²) in [4.78, 5) is 25.4. The van der Waals surface area contributed by atoms with E-state index in [0.717, 1.165) is 4.47 Å². The lowest BCUT2D eigenvalue weighted by atomic mass is 10.1. The van der Waals surface area contributed by atoms with Crippen molar-refractivity contribution in [3.8, 4) is 5.75 Å². The van der Waals surface area contributed by atoms with Gasteiger partial charge in [0.15, 0.2) is 5.11 Å². The van der Waals surface area contributed by atoms with E-state index < -0.39 is 5.91 Å². The molecule has 0 aliphatic heterocycles. The summed E-state index contributed by atoms with van der Waals surface area (Å²) in [6.45, 7) is 4.51. The van der Waals surface area contributed by atoms with Gasteiger partial charge in [-0.2, -0.15) is 0 Å². The molecule has 6 nitrogen and oxygen atoms in total. The van der Waals surface area contributed by atoms with Crippen molar-refractivity contribution in [2.75, 3.05) is 17.2 Å². The molecule has 0 aliphatic carbocycles. The normalized spacial score (nSPS) is 10.5. The van der Waals surface area contributed by atoms with Gasteiger partial charge in [0.2, 0.25) is 0 Å². The van der Waals surface area contributed by atoms with Crippen LogP contribution in [0.2, 0.25) is 0 Å². The summed E-state index contributed by atoms with van der Waals surface area (Å²) < 4.78 is 19.6.